The Hall–Kier alpha value is -1.46. The van der Waals surface area contributed by atoms with Gasteiger partial charge in [0.15, 0.2) is 0 Å². The van der Waals surface area contributed by atoms with E-state index in [9.17, 15) is 9.18 Å². The van der Waals surface area contributed by atoms with E-state index in [1.54, 1.807) is 6.07 Å². The molecule has 3 aliphatic rings. The fourth-order valence-electron chi connectivity index (χ4n) is 4.36. The molecule has 2 aliphatic heterocycles. The SMILES string of the molecule is O=C([C@@H]1C[C@@H]1c1ccccc1F)N1CCCC[C@H]1CN1CCOCC1. The molecule has 0 N–H and O–H groups in total. The summed E-state index contributed by atoms with van der Waals surface area (Å²) in [6, 6.07) is 7.20. The first-order valence-corrected chi connectivity index (χ1v) is 9.59. The van der Waals surface area contributed by atoms with Gasteiger partial charge in [-0.25, -0.2) is 4.39 Å². The highest BCUT2D eigenvalue weighted by atomic mass is 19.1. The molecule has 0 radical (unpaired) electrons. The molecule has 1 amide bonds. The van der Waals surface area contributed by atoms with E-state index in [4.69, 9.17) is 4.74 Å². The van der Waals surface area contributed by atoms with Crippen LogP contribution >= 0.6 is 0 Å². The number of piperidine rings is 1. The molecule has 0 aromatic heterocycles. The highest BCUT2D eigenvalue weighted by Crippen LogP contribution is 2.49. The second kappa shape index (κ2) is 7.42. The van der Waals surface area contributed by atoms with Crippen LogP contribution in [0, 0.1) is 11.7 Å². The van der Waals surface area contributed by atoms with Gasteiger partial charge in [-0.3, -0.25) is 9.69 Å². The fourth-order valence-corrected chi connectivity index (χ4v) is 4.36. The van der Waals surface area contributed by atoms with Crippen LogP contribution in [-0.4, -0.2) is 61.1 Å². The molecule has 3 atom stereocenters. The summed E-state index contributed by atoms with van der Waals surface area (Å²) in [6.45, 7) is 5.30. The lowest BCUT2D eigenvalue weighted by Gasteiger charge is -2.40. The average Bonchev–Trinajstić information content (AvgIpc) is 3.43. The average molecular weight is 346 g/mol. The maximum atomic E-state index is 14.0. The molecule has 3 fully saturated rings. The van der Waals surface area contributed by atoms with Crippen LogP contribution in [0.2, 0.25) is 0 Å². The van der Waals surface area contributed by atoms with Crippen LogP contribution in [0.1, 0.15) is 37.2 Å². The van der Waals surface area contributed by atoms with E-state index < -0.39 is 0 Å². The highest BCUT2D eigenvalue weighted by Gasteiger charge is 2.48. The fraction of sp³-hybridized carbons (Fsp3) is 0.650. The minimum atomic E-state index is -0.175. The van der Waals surface area contributed by atoms with Crippen molar-refractivity contribution in [1.29, 1.82) is 0 Å². The summed E-state index contributed by atoms with van der Waals surface area (Å²) in [5.74, 6) is 0.111. The van der Waals surface area contributed by atoms with Crippen LogP contribution in [0.3, 0.4) is 0 Å². The van der Waals surface area contributed by atoms with Gasteiger partial charge in [0.2, 0.25) is 5.91 Å². The number of hydrogen-bond acceptors (Lipinski definition) is 3. The molecule has 1 aliphatic carbocycles. The largest absolute Gasteiger partial charge is 0.379 e. The summed E-state index contributed by atoms with van der Waals surface area (Å²) in [7, 11) is 0. The van der Waals surface area contributed by atoms with Gasteiger partial charge >= 0.3 is 0 Å². The van der Waals surface area contributed by atoms with E-state index >= 15 is 0 Å². The van der Waals surface area contributed by atoms with Gasteiger partial charge in [0.25, 0.3) is 0 Å². The lowest BCUT2D eigenvalue weighted by molar-refractivity contribution is -0.137. The monoisotopic (exact) mass is 346 g/mol. The normalized spacial score (nSPS) is 30.3. The number of halogens is 1. The number of amides is 1. The zero-order valence-electron chi connectivity index (χ0n) is 14.7. The maximum absolute atomic E-state index is 14.0. The van der Waals surface area contributed by atoms with E-state index in [-0.39, 0.29) is 23.6 Å². The molecule has 1 aromatic carbocycles. The quantitative estimate of drug-likeness (QED) is 0.840. The van der Waals surface area contributed by atoms with Crippen LogP contribution in [0.4, 0.5) is 4.39 Å². The third-order valence-corrected chi connectivity index (χ3v) is 5.90. The number of nitrogens with zero attached hydrogens (tertiary/aromatic N) is 2. The molecule has 4 nitrogen and oxygen atoms in total. The topological polar surface area (TPSA) is 32.8 Å². The summed E-state index contributed by atoms with van der Waals surface area (Å²) >= 11 is 0. The summed E-state index contributed by atoms with van der Waals surface area (Å²) in [6.07, 6.45) is 4.16. The number of carbonyl (C=O) groups excluding carboxylic acids is 1. The first-order valence-electron chi connectivity index (χ1n) is 9.59. The Morgan fingerprint density at radius 3 is 2.76 bits per heavy atom. The van der Waals surface area contributed by atoms with Gasteiger partial charge in [0.05, 0.1) is 13.2 Å². The number of ether oxygens (including phenoxy) is 1. The van der Waals surface area contributed by atoms with Crippen molar-refractivity contribution < 1.29 is 13.9 Å². The number of likely N-dealkylation sites (tertiary alicyclic amines) is 1. The Morgan fingerprint density at radius 1 is 1.16 bits per heavy atom. The smallest absolute Gasteiger partial charge is 0.226 e. The molecule has 136 valence electrons. The minimum absolute atomic E-state index is 0.0258. The van der Waals surface area contributed by atoms with Gasteiger partial charge in [0.1, 0.15) is 5.82 Å². The molecule has 4 rings (SSSR count). The number of rotatable bonds is 4. The Bertz CT molecular complexity index is 617. The molecule has 0 bridgehead atoms. The molecule has 0 unspecified atom stereocenters. The standard InChI is InChI=1S/C20H27FN2O2/c21-19-7-2-1-6-16(19)17-13-18(17)20(24)23-8-4-3-5-15(23)14-22-9-11-25-12-10-22/h1-2,6-7,15,17-18H,3-5,8-14H2/t15-,17+,18+/m0/s1. The van der Waals surface area contributed by atoms with E-state index in [1.807, 2.05) is 12.1 Å². The second-order valence-electron chi connectivity index (χ2n) is 7.56. The zero-order valence-corrected chi connectivity index (χ0v) is 14.7. The van der Waals surface area contributed by atoms with Crippen molar-refractivity contribution in [3.8, 4) is 0 Å². The van der Waals surface area contributed by atoms with Crippen LogP contribution in [0.5, 0.6) is 0 Å². The molecular formula is C20H27FN2O2. The Balaban J connectivity index is 1.40. The molecular weight excluding hydrogens is 319 g/mol. The second-order valence-corrected chi connectivity index (χ2v) is 7.56. The third kappa shape index (κ3) is 3.72. The van der Waals surface area contributed by atoms with Gasteiger partial charge in [-0.1, -0.05) is 18.2 Å². The number of carbonyl (C=O) groups is 1. The number of benzene rings is 1. The van der Waals surface area contributed by atoms with Gasteiger partial charge in [0, 0.05) is 38.1 Å². The summed E-state index contributed by atoms with van der Waals surface area (Å²) < 4.78 is 19.4. The van der Waals surface area contributed by atoms with E-state index in [1.165, 1.54) is 12.5 Å². The van der Waals surface area contributed by atoms with Crippen molar-refractivity contribution in [1.82, 2.24) is 9.80 Å². The van der Waals surface area contributed by atoms with E-state index in [0.717, 1.165) is 58.7 Å². The number of hydrogen-bond donors (Lipinski definition) is 0. The summed E-state index contributed by atoms with van der Waals surface area (Å²) in [4.78, 5) is 17.6. The molecule has 1 saturated carbocycles. The maximum Gasteiger partial charge on any atom is 0.226 e. The molecule has 0 spiro atoms. The van der Waals surface area contributed by atoms with Gasteiger partial charge in [-0.15, -0.1) is 0 Å². The van der Waals surface area contributed by atoms with Crippen molar-refractivity contribution in [2.24, 2.45) is 5.92 Å². The summed E-state index contributed by atoms with van der Waals surface area (Å²) in [5.41, 5.74) is 0.711. The lowest BCUT2D eigenvalue weighted by atomic mass is 10.00. The van der Waals surface area contributed by atoms with Crippen molar-refractivity contribution in [3.05, 3.63) is 35.6 Å². The zero-order chi connectivity index (χ0) is 17.2. The van der Waals surface area contributed by atoms with E-state index in [2.05, 4.69) is 9.80 Å². The van der Waals surface area contributed by atoms with Gasteiger partial charge in [-0.05, 0) is 43.2 Å². The van der Waals surface area contributed by atoms with Crippen LogP contribution in [-0.2, 0) is 9.53 Å². The predicted molar refractivity (Wildman–Crippen MR) is 93.9 cm³/mol. The Labute approximate surface area is 148 Å². The van der Waals surface area contributed by atoms with Crippen molar-refractivity contribution in [3.63, 3.8) is 0 Å². The van der Waals surface area contributed by atoms with Crippen molar-refractivity contribution in [2.75, 3.05) is 39.4 Å². The molecule has 2 heterocycles. The predicted octanol–water partition coefficient (Wildman–Crippen LogP) is 2.64. The minimum Gasteiger partial charge on any atom is -0.379 e. The molecule has 5 heteroatoms. The van der Waals surface area contributed by atoms with Crippen LogP contribution < -0.4 is 0 Å². The molecule has 2 saturated heterocycles. The third-order valence-electron chi connectivity index (χ3n) is 5.90. The van der Waals surface area contributed by atoms with Crippen LogP contribution in [0.25, 0.3) is 0 Å². The van der Waals surface area contributed by atoms with Gasteiger partial charge < -0.3 is 9.64 Å². The lowest BCUT2D eigenvalue weighted by Crippen LogP contribution is -2.51. The number of morpholine rings is 1. The first-order chi connectivity index (χ1) is 12.2. The Kier molecular flexibility index (Phi) is 5.04. The summed E-state index contributed by atoms with van der Waals surface area (Å²) in [5, 5.41) is 0. The van der Waals surface area contributed by atoms with Crippen LogP contribution in [0.15, 0.2) is 24.3 Å². The van der Waals surface area contributed by atoms with Gasteiger partial charge in [-0.2, -0.15) is 0 Å². The van der Waals surface area contributed by atoms with Crippen molar-refractivity contribution in [2.45, 2.75) is 37.6 Å². The first kappa shape index (κ1) is 17.0. The van der Waals surface area contributed by atoms with Crippen molar-refractivity contribution >= 4 is 5.91 Å². The Morgan fingerprint density at radius 2 is 1.96 bits per heavy atom. The molecule has 25 heavy (non-hydrogen) atoms. The molecule has 1 aromatic rings. The highest BCUT2D eigenvalue weighted by molar-refractivity contribution is 5.83. The van der Waals surface area contributed by atoms with E-state index in [0.29, 0.717) is 11.6 Å².